The lowest BCUT2D eigenvalue weighted by atomic mass is 9.90. The van der Waals surface area contributed by atoms with Crippen molar-refractivity contribution in [2.45, 2.75) is 33.7 Å². The lowest BCUT2D eigenvalue weighted by Gasteiger charge is -2.17. The van der Waals surface area contributed by atoms with Gasteiger partial charge in [-0.3, -0.25) is 9.36 Å². The minimum atomic E-state index is -0.430. The van der Waals surface area contributed by atoms with Gasteiger partial charge in [-0.05, 0) is 35.2 Å². The zero-order valence-electron chi connectivity index (χ0n) is 16.7. The summed E-state index contributed by atoms with van der Waals surface area (Å²) < 4.78 is 2.58. The van der Waals surface area contributed by atoms with Crippen LogP contribution in [0.3, 0.4) is 0 Å². The van der Waals surface area contributed by atoms with E-state index in [1.807, 2.05) is 20.8 Å². The molecule has 3 aromatic rings. The summed E-state index contributed by atoms with van der Waals surface area (Å²) in [5.41, 5.74) is 0.881. The summed E-state index contributed by atoms with van der Waals surface area (Å²) in [4.78, 5) is 30.0. The molecule has 0 N–H and O–H groups in total. The Labute approximate surface area is 174 Å². The van der Waals surface area contributed by atoms with Crippen molar-refractivity contribution in [3.8, 4) is 17.2 Å². The van der Waals surface area contributed by atoms with Gasteiger partial charge < -0.3 is 0 Å². The van der Waals surface area contributed by atoms with Crippen molar-refractivity contribution >= 4 is 23.5 Å². The first-order valence-corrected chi connectivity index (χ1v) is 9.62. The summed E-state index contributed by atoms with van der Waals surface area (Å²) in [6.45, 7) is 9.59. The Hall–Kier alpha value is -2.99. The first kappa shape index (κ1) is 20.7. The molecule has 2 aromatic heterocycles. The number of aromatic nitrogens is 4. The Morgan fingerprint density at radius 1 is 1.24 bits per heavy atom. The Bertz CT molecular complexity index is 1110. The van der Waals surface area contributed by atoms with Crippen LogP contribution in [-0.4, -0.2) is 25.1 Å². The lowest BCUT2D eigenvalue weighted by Crippen LogP contribution is -2.28. The second kappa shape index (κ2) is 8.17. The summed E-state index contributed by atoms with van der Waals surface area (Å²) in [5, 5.41) is 4.98. The highest BCUT2D eigenvalue weighted by Crippen LogP contribution is 2.23. The average Bonchev–Trinajstić information content (AvgIpc) is 2.97. The van der Waals surface area contributed by atoms with Crippen LogP contribution in [-0.2, 0) is 11.3 Å². The maximum atomic E-state index is 13.1. The third kappa shape index (κ3) is 4.90. The van der Waals surface area contributed by atoms with Crippen LogP contribution < -0.4 is 5.69 Å². The summed E-state index contributed by atoms with van der Waals surface area (Å²) in [5.74, 6) is 0.692. The van der Waals surface area contributed by atoms with E-state index >= 15 is 0 Å². The number of carbonyl (C=O) groups excluding carboxylic acids is 1. The third-order valence-corrected chi connectivity index (χ3v) is 4.47. The number of hydrogen-bond donors (Lipinski definition) is 0. The first-order valence-electron chi connectivity index (χ1n) is 9.24. The van der Waals surface area contributed by atoms with Crippen LogP contribution in [0.15, 0.2) is 54.0 Å². The minimum absolute atomic E-state index is 0.0441. The third-order valence-electron chi connectivity index (χ3n) is 4.23. The van der Waals surface area contributed by atoms with Crippen molar-refractivity contribution in [2.75, 3.05) is 0 Å². The molecule has 6 nitrogen and oxygen atoms in total. The number of halogens is 1. The maximum Gasteiger partial charge on any atom is 0.352 e. The predicted octanol–water partition coefficient (Wildman–Crippen LogP) is 4.40. The Morgan fingerprint density at radius 2 is 2.00 bits per heavy atom. The number of hydrogen-bond acceptors (Lipinski definition) is 4. The van der Waals surface area contributed by atoms with Crippen LogP contribution in [0.1, 0.15) is 32.8 Å². The minimum Gasteiger partial charge on any atom is -0.298 e. The first-order chi connectivity index (χ1) is 13.7. The predicted molar refractivity (Wildman–Crippen MR) is 115 cm³/mol. The summed E-state index contributed by atoms with van der Waals surface area (Å²) in [6, 6.07) is 10.5. The summed E-state index contributed by atoms with van der Waals surface area (Å²) in [7, 11) is 0. The molecular formula is C22H23ClN4O2. The normalized spacial score (nSPS) is 11.4. The Balaban J connectivity index is 2.11. The van der Waals surface area contributed by atoms with Gasteiger partial charge in [0.2, 0.25) is 0 Å². The second-order valence-electron chi connectivity index (χ2n) is 8.04. The molecule has 0 saturated heterocycles. The van der Waals surface area contributed by atoms with Crippen LogP contribution in [0.2, 0.25) is 5.02 Å². The molecule has 0 aliphatic heterocycles. The fraction of sp³-hybridized carbons (Fsp3) is 0.273. The second-order valence-corrected chi connectivity index (χ2v) is 8.48. The number of Topliss-reactive ketones (excluding diaryl/α,β-unsaturated/α-hetero) is 1. The van der Waals surface area contributed by atoms with Crippen molar-refractivity contribution < 1.29 is 4.79 Å². The molecule has 29 heavy (non-hydrogen) atoms. The van der Waals surface area contributed by atoms with Crippen LogP contribution in [0, 0.1) is 5.41 Å². The van der Waals surface area contributed by atoms with Crippen LogP contribution >= 0.6 is 11.6 Å². The molecule has 3 rings (SSSR count). The monoisotopic (exact) mass is 410 g/mol. The molecular weight excluding hydrogens is 388 g/mol. The highest BCUT2D eigenvalue weighted by atomic mass is 35.5. The highest BCUT2D eigenvalue weighted by molar-refractivity contribution is 6.30. The molecule has 0 radical (unpaired) electrons. The molecule has 0 amide bonds. The smallest absolute Gasteiger partial charge is 0.298 e. The molecule has 150 valence electrons. The van der Waals surface area contributed by atoms with Gasteiger partial charge in [-0.15, -0.1) is 5.10 Å². The molecule has 2 heterocycles. The van der Waals surface area contributed by atoms with Crippen molar-refractivity contribution in [3.05, 3.63) is 70.2 Å². The van der Waals surface area contributed by atoms with Crippen molar-refractivity contribution in [3.63, 3.8) is 0 Å². The van der Waals surface area contributed by atoms with Gasteiger partial charge in [0.05, 0.1) is 6.54 Å². The van der Waals surface area contributed by atoms with Crippen molar-refractivity contribution in [1.29, 1.82) is 0 Å². The van der Waals surface area contributed by atoms with E-state index in [-0.39, 0.29) is 17.7 Å². The van der Waals surface area contributed by atoms with Crippen LogP contribution in [0.25, 0.3) is 23.3 Å². The van der Waals surface area contributed by atoms with E-state index in [0.29, 0.717) is 28.6 Å². The molecule has 0 atom stereocenters. The van der Waals surface area contributed by atoms with Crippen molar-refractivity contribution in [2.24, 2.45) is 5.41 Å². The molecule has 0 aliphatic carbocycles. The van der Waals surface area contributed by atoms with E-state index in [1.165, 1.54) is 9.25 Å². The van der Waals surface area contributed by atoms with Gasteiger partial charge in [-0.1, -0.05) is 57.2 Å². The fourth-order valence-corrected chi connectivity index (χ4v) is 3.19. The maximum absolute atomic E-state index is 13.1. The topological polar surface area (TPSA) is 69.8 Å². The van der Waals surface area contributed by atoms with E-state index in [2.05, 4.69) is 16.7 Å². The number of nitrogens with zero attached hydrogens (tertiary/aromatic N) is 4. The van der Waals surface area contributed by atoms with Gasteiger partial charge in [0.25, 0.3) is 0 Å². The van der Waals surface area contributed by atoms with Gasteiger partial charge in [-0.2, -0.15) is 4.68 Å². The van der Waals surface area contributed by atoms with E-state index in [0.717, 1.165) is 5.56 Å². The highest BCUT2D eigenvalue weighted by Gasteiger charge is 2.22. The summed E-state index contributed by atoms with van der Waals surface area (Å²) in [6.07, 6.45) is 3.63. The fourth-order valence-electron chi connectivity index (χ4n) is 3.00. The number of carbonyl (C=O) groups is 1. The molecule has 0 fully saturated rings. The van der Waals surface area contributed by atoms with Crippen LogP contribution in [0.4, 0.5) is 0 Å². The van der Waals surface area contributed by atoms with Gasteiger partial charge in [0.15, 0.2) is 17.4 Å². The van der Waals surface area contributed by atoms with Gasteiger partial charge in [-0.25, -0.2) is 9.78 Å². The number of pyridine rings is 1. The van der Waals surface area contributed by atoms with Gasteiger partial charge in [0, 0.05) is 23.2 Å². The number of benzene rings is 1. The Morgan fingerprint density at radius 3 is 2.59 bits per heavy atom. The lowest BCUT2D eigenvalue weighted by molar-refractivity contribution is -0.121. The molecule has 0 unspecified atom stereocenters. The quantitative estimate of drug-likeness (QED) is 0.604. The molecule has 7 heteroatoms. The molecule has 0 spiro atoms. The zero-order valence-corrected chi connectivity index (χ0v) is 17.5. The molecule has 0 aliphatic rings. The average molecular weight is 411 g/mol. The van der Waals surface area contributed by atoms with E-state index < -0.39 is 5.69 Å². The molecule has 0 bridgehead atoms. The zero-order chi connectivity index (χ0) is 21.2. The van der Waals surface area contributed by atoms with E-state index in [1.54, 1.807) is 48.7 Å². The Kier molecular flexibility index (Phi) is 5.84. The van der Waals surface area contributed by atoms with Crippen LogP contribution in [0.5, 0.6) is 0 Å². The van der Waals surface area contributed by atoms with E-state index in [4.69, 9.17) is 11.6 Å². The van der Waals surface area contributed by atoms with E-state index in [9.17, 15) is 9.59 Å². The molecule has 1 aromatic carbocycles. The number of ketones is 1. The largest absolute Gasteiger partial charge is 0.352 e. The number of rotatable bonds is 6. The van der Waals surface area contributed by atoms with Gasteiger partial charge in [0.1, 0.15) is 0 Å². The van der Waals surface area contributed by atoms with Gasteiger partial charge >= 0.3 is 5.69 Å². The standard InChI is InChI=1S/C22H23ClN4O2/c1-5-15-9-10-19(24-13-15)27-21(29)26(14-18(28)12-22(2,3)4)20(25-27)16-7-6-8-17(23)11-16/h5-11,13H,1,12,14H2,2-4H3. The van der Waals surface area contributed by atoms with Crippen molar-refractivity contribution in [1.82, 2.24) is 19.3 Å². The SMILES string of the molecule is C=Cc1ccc(-n2nc(-c3cccc(Cl)c3)n(CC(=O)CC(C)(C)C)c2=O)nc1. The molecule has 0 saturated carbocycles. The summed E-state index contributed by atoms with van der Waals surface area (Å²) >= 11 is 6.13.